The lowest BCUT2D eigenvalue weighted by Crippen LogP contribution is -2.37. The van der Waals surface area contributed by atoms with Crippen LogP contribution in [0.25, 0.3) is 0 Å². The van der Waals surface area contributed by atoms with Crippen molar-refractivity contribution >= 4 is 5.97 Å². The molecule has 1 fully saturated rings. The van der Waals surface area contributed by atoms with Crippen LogP contribution < -0.4 is 0 Å². The summed E-state index contributed by atoms with van der Waals surface area (Å²) < 4.78 is 7.40. The molecule has 1 aliphatic rings. The third-order valence-electron chi connectivity index (χ3n) is 3.38. The van der Waals surface area contributed by atoms with Crippen molar-refractivity contribution in [3.05, 3.63) is 18.7 Å². The second kappa shape index (κ2) is 4.85. The summed E-state index contributed by atoms with van der Waals surface area (Å²) in [5, 5.41) is 9.02. The zero-order chi connectivity index (χ0) is 12.4. The number of ether oxygens (including phenoxy) is 1. The van der Waals surface area contributed by atoms with Crippen molar-refractivity contribution in [3.63, 3.8) is 0 Å². The molecule has 0 unspecified atom stereocenters. The van der Waals surface area contributed by atoms with Gasteiger partial charge in [-0.25, -0.2) is 4.98 Å². The molecule has 1 aromatic heterocycles. The van der Waals surface area contributed by atoms with Crippen LogP contribution in [0.2, 0.25) is 0 Å². The molecule has 2 rings (SSSR count). The van der Waals surface area contributed by atoms with Crippen LogP contribution in [0.5, 0.6) is 0 Å². The summed E-state index contributed by atoms with van der Waals surface area (Å²) in [6.45, 7) is 3.00. The molecule has 0 aliphatic carbocycles. The number of hydrogen-bond acceptors (Lipinski definition) is 4. The van der Waals surface area contributed by atoms with E-state index in [4.69, 9.17) is 9.84 Å². The molecule has 6 heteroatoms. The molecule has 2 heterocycles. The van der Waals surface area contributed by atoms with Crippen LogP contribution in [0.1, 0.15) is 13.0 Å². The minimum absolute atomic E-state index is 0.00556. The monoisotopic (exact) mass is 239 g/mol. The molecule has 0 radical (unpaired) electrons. The Hall–Kier alpha value is -1.40. The Morgan fingerprint density at radius 1 is 1.59 bits per heavy atom. The second-order valence-electron chi connectivity index (χ2n) is 4.32. The van der Waals surface area contributed by atoms with Crippen LogP contribution in [0.3, 0.4) is 0 Å². The summed E-state index contributed by atoms with van der Waals surface area (Å²) in [6, 6.07) is -0.356. The van der Waals surface area contributed by atoms with E-state index in [-0.39, 0.29) is 12.1 Å². The Bertz CT molecular complexity index is 379. The molecule has 94 valence electrons. The minimum Gasteiger partial charge on any atom is -0.480 e. The molecule has 1 aromatic rings. The highest BCUT2D eigenvalue weighted by Crippen LogP contribution is 2.25. The molecule has 0 spiro atoms. The Morgan fingerprint density at radius 3 is 2.88 bits per heavy atom. The van der Waals surface area contributed by atoms with Gasteiger partial charge in [0.25, 0.3) is 0 Å². The zero-order valence-electron chi connectivity index (χ0n) is 9.98. The van der Waals surface area contributed by atoms with Crippen LogP contribution in [0.4, 0.5) is 0 Å². The van der Waals surface area contributed by atoms with Gasteiger partial charge in [-0.15, -0.1) is 0 Å². The molecule has 0 amide bonds. The average molecular weight is 239 g/mol. The van der Waals surface area contributed by atoms with Gasteiger partial charge >= 0.3 is 5.97 Å². The number of imidazole rings is 1. The van der Waals surface area contributed by atoms with Crippen molar-refractivity contribution < 1.29 is 14.6 Å². The van der Waals surface area contributed by atoms with Crippen LogP contribution >= 0.6 is 0 Å². The van der Waals surface area contributed by atoms with Gasteiger partial charge in [0.1, 0.15) is 6.04 Å². The van der Waals surface area contributed by atoms with Gasteiger partial charge < -0.3 is 14.4 Å². The van der Waals surface area contributed by atoms with E-state index in [1.54, 1.807) is 26.6 Å². The predicted molar refractivity (Wildman–Crippen MR) is 60.7 cm³/mol. The molecule has 1 aliphatic heterocycles. The Labute approximate surface area is 99.8 Å². The first-order valence-electron chi connectivity index (χ1n) is 5.60. The SMILES string of the molecule is CO[C@@H]1CN([C@H](C)C(=O)O)C[C@H]1n1ccnc1. The standard InChI is InChI=1S/C11H17N3O3/c1-8(11(15)16)14-5-9(10(6-14)17-2)13-4-3-12-7-13/h3-4,7-10H,5-6H2,1-2H3,(H,15,16)/t8-,9-,10-/m1/s1. The van der Waals surface area contributed by atoms with Gasteiger partial charge in [-0.3, -0.25) is 9.69 Å². The normalized spacial score (nSPS) is 27.2. The quantitative estimate of drug-likeness (QED) is 0.814. The topological polar surface area (TPSA) is 67.6 Å². The maximum absolute atomic E-state index is 11.0. The van der Waals surface area contributed by atoms with E-state index in [2.05, 4.69) is 4.98 Å². The van der Waals surface area contributed by atoms with E-state index in [0.717, 1.165) is 0 Å². The van der Waals surface area contributed by atoms with Gasteiger partial charge in [0, 0.05) is 32.6 Å². The van der Waals surface area contributed by atoms with E-state index in [1.807, 2.05) is 15.7 Å². The highest BCUT2D eigenvalue weighted by molar-refractivity contribution is 5.72. The highest BCUT2D eigenvalue weighted by Gasteiger charge is 2.37. The molecule has 1 N–H and O–H groups in total. The number of hydrogen-bond donors (Lipinski definition) is 1. The van der Waals surface area contributed by atoms with Crippen LogP contribution in [0.15, 0.2) is 18.7 Å². The van der Waals surface area contributed by atoms with Crippen molar-refractivity contribution in [1.82, 2.24) is 14.5 Å². The number of carboxylic acids is 1. The van der Waals surface area contributed by atoms with E-state index in [9.17, 15) is 4.79 Å². The number of aromatic nitrogens is 2. The van der Waals surface area contributed by atoms with E-state index in [1.165, 1.54) is 0 Å². The van der Waals surface area contributed by atoms with Gasteiger partial charge in [-0.05, 0) is 6.92 Å². The summed E-state index contributed by atoms with van der Waals surface area (Å²) >= 11 is 0. The second-order valence-corrected chi connectivity index (χ2v) is 4.32. The van der Waals surface area contributed by atoms with Crippen molar-refractivity contribution in [2.45, 2.75) is 25.1 Å². The first-order valence-corrected chi connectivity index (χ1v) is 5.60. The summed E-state index contributed by atoms with van der Waals surface area (Å²) in [5.41, 5.74) is 0. The summed E-state index contributed by atoms with van der Waals surface area (Å²) in [5.74, 6) is -0.800. The largest absolute Gasteiger partial charge is 0.480 e. The van der Waals surface area contributed by atoms with E-state index >= 15 is 0 Å². The van der Waals surface area contributed by atoms with Gasteiger partial charge in [0.15, 0.2) is 0 Å². The average Bonchev–Trinajstić information content (AvgIpc) is 2.95. The van der Waals surface area contributed by atoms with E-state index in [0.29, 0.717) is 13.1 Å². The van der Waals surface area contributed by atoms with Gasteiger partial charge in [-0.2, -0.15) is 0 Å². The van der Waals surface area contributed by atoms with Crippen molar-refractivity contribution in [1.29, 1.82) is 0 Å². The molecule has 0 saturated carbocycles. The minimum atomic E-state index is -0.800. The molecule has 1 saturated heterocycles. The highest BCUT2D eigenvalue weighted by atomic mass is 16.5. The summed E-state index contributed by atoms with van der Waals surface area (Å²) in [6.07, 6.45) is 5.35. The number of likely N-dealkylation sites (tertiary alicyclic amines) is 1. The Morgan fingerprint density at radius 2 is 2.35 bits per heavy atom. The number of carbonyl (C=O) groups is 1. The fourth-order valence-electron chi connectivity index (χ4n) is 2.24. The number of rotatable bonds is 4. The van der Waals surface area contributed by atoms with Crippen LogP contribution in [0, 0.1) is 0 Å². The van der Waals surface area contributed by atoms with Crippen molar-refractivity contribution in [2.24, 2.45) is 0 Å². The number of nitrogens with zero attached hydrogens (tertiary/aromatic N) is 3. The Balaban J connectivity index is 2.11. The maximum atomic E-state index is 11.0. The lowest BCUT2D eigenvalue weighted by atomic mass is 10.2. The van der Waals surface area contributed by atoms with Gasteiger partial charge in [0.2, 0.25) is 0 Å². The molecule has 6 nitrogen and oxygen atoms in total. The first-order chi connectivity index (χ1) is 8.13. The van der Waals surface area contributed by atoms with E-state index < -0.39 is 12.0 Å². The lowest BCUT2D eigenvalue weighted by Gasteiger charge is -2.20. The fourth-order valence-corrected chi connectivity index (χ4v) is 2.24. The van der Waals surface area contributed by atoms with Crippen molar-refractivity contribution in [3.8, 4) is 0 Å². The third-order valence-corrected chi connectivity index (χ3v) is 3.38. The third kappa shape index (κ3) is 2.32. The lowest BCUT2D eigenvalue weighted by molar-refractivity contribution is -0.142. The number of aliphatic carboxylic acids is 1. The molecular weight excluding hydrogens is 222 g/mol. The van der Waals surface area contributed by atoms with Crippen molar-refractivity contribution in [2.75, 3.05) is 20.2 Å². The summed E-state index contributed by atoms with van der Waals surface area (Å²) in [4.78, 5) is 16.9. The Kier molecular flexibility index (Phi) is 3.44. The first kappa shape index (κ1) is 12.1. The fraction of sp³-hybridized carbons (Fsp3) is 0.636. The van der Waals surface area contributed by atoms with Crippen LogP contribution in [-0.4, -0.2) is 57.9 Å². The molecule has 3 atom stereocenters. The van der Waals surface area contributed by atoms with Gasteiger partial charge in [0.05, 0.1) is 18.5 Å². The molecule has 0 bridgehead atoms. The maximum Gasteiger partial charge on any atom is 0.320 e. The predicted octanol–water partition coefficient (Wildman–Crippen LogP) is 0.228. The van der Waals surface area contributed by atoms with Crippen LogP contribution in [-0.2, 0) is 9.53 Å². The number of carboxylic acid groups (broad SMARTS) is 1. The number of methoxy groups -OCH3 is 1. The smallest absolute Gasteiger partial charge is 0.320 e. The molecule has 17 heavy (non-hydrogen) atoms. The van der Waals surface area contributed by atoms with Gasteiger partial charge in [-0.1, -0.05) is 0 Å². The molecule has 0 aromatic carbocycles. The zero-order valence-corrected chi connectivity index (χ0v) is 9.98. The molecular formula is C11H17N3O3. The summed E-state index contributed by atoms with van der Waals surface area (Å²) in [7, 11) is 1.66.